The van der Waals surface area contributed by atoms with E-state index < -0.39 is 49.6 Å². The lowest BCUT2D eigenvalue weighted by atomic mass is 10.2. The predicted molar refractivity (Wildman–Crippen MR) is 171 cm³/mol. The fourth-order valence-electron chi connectivity index (χ4n) is 4.92. The van der Waals surface area contributed by atoms with E-state index in [-0.39, 0.29) is 75.7 Å². The lowest BCUT2D eigenvalue weighted by Crippen LogP contribution is -2.49. The number of carbonyl (C=O) groups excluding carboxylic acids is 8. The van der Waals surface area contributed by atoms with Crippen LogP contribution in [0.3, 0.4) is 0 Å². The van der Waals surface area contributed by atoms with E-state index in [1.165, 1.54) is 0 Å². The van der Waals surface area contributed by atoms with Gasteiger partial charge < -0.3 is 18.9 Å². The van der Waals surface area contributed by atoms with E-state index in [0.717, 1.165) is 0 Å². The molecule has 1 fully saturated rings. The van der Waals surface area contributed by atoms with Crippen LogP contribution in [0.4, 0.5) is 0 Å². The number of ketones is 4. The van der Waals surface area contributed by atoms with E-state index in [1.807, 2.05) is 19.6 Å². The molecule has 16 heteroatoms. The third kappa shape index (κ3) is 19.9. The van der Waals surface area contributed by atoms with Crippen LogP contribution in [0.5, 0.6) is 0 Å². The minimum absolute atomic E-state index is 0.0808. The maximum Gasteiger partial charge on any atom is 0.313 e. The van der Waals surface area contributed by atoms with Gasteiger partial charge in [0.2, 0.25) is 0 Å². The van der Waals surface area contributed by atoms with Crippen LogP contribution < -0.4 is 0 Å². The first kappa shape index (κ1) is 42.4. The minimum Gasteiger partial charge on any atom is -0.466 e. The van der Waals surface area contributed by atoms with Gasteiger partial charge >= 0.3 is 23.9 Å². The second-order valence-electron chi connectivity index (χ2n) is 11.2. The Morgan fingerprint density at radius 3 is 0.667 bits per heavy atom. The molecule has 16 nitrogen and oxygen atoms in total. The van der Waals surface area contributed by atoms with Gasteiger partial charge in [0.05, 0.1) is 52.6 Å². The number of Topliss-reactive ketones (excluding diaryl/α,β-unsaturated/α-hetero) is 4. The van der Waals surface area contributed by atoms with Gasteiger partial charge in [-0.15, -0.1) is 0 Å². The van der Waals surface area contributed by atoms with Crippen molar-refractivity contribution in [1.82, 2.24) is 19.6 Å². The standard InChI is InChI=1S/C32H52N4O12/c1-5-45-29(41)17-25(37)21-33-9-11-34(22-26(38)18-30(42)46-6-2)13-15-36(24-28(40)20-32(44)48-8-4)16-14-35(12-10-33)23-27(39)19-31(43)47-7-3/h5-24H2,1-4H3. The molecule has 0 amide bonds. The van der Waals surface area contributed by atoms with Crippen molar-refractivity contribution in [3.8, 4) is 0 Å². The molecular weight excluding hydrogens is 632 g/mol. The topological polar surface area (TPSA) is 186 Å². The Kier molecular flexibility index (Phi) is 21.7. The van der Waals surface area contributed by atoms with Crippen molar-refractivity contribution in [2.24, 2.45) is 0 Å². The molecule has 272 valence electrons. The van der Waals surface area contributed by atoms with E-state index in [9.17, 15) is 38.4 Å². The molecule has 0 aromatic heterocycles. The number of nitrogens with zero attached hydrogens (tertiary/aromatic N) is 4. The smallest absolute Gasteiger partial charge is 0.313 e. The van der Waals surface area contributed by atoms with Gasteiger partial charge in [-0.3, -0.25) is 58.0 Å². The summed E-state index contributed by atoms with van der Waals surface area (Å²) in [5.41, 5.74) is 0. The molecule has 0 aromatic rings. The van der Waals surface area contributed by atoms with Crippen molar-refractivity contribution < 1.29 is 57.3 Å². The first-order valence-electron chi connectivity index (χ1n) is 16.5. The third-order valence-corrected chi connectivity index (χ3v) is 7.12. The van der Waals surface area contributed by atoms with Gasteiger partial charge in [-0.2, -0.15) is 0 Å². The van der Waals surface area contributed by atoms with E-state index in [1.54, 1.807) is 27.7 Å². The Hall–Kier alpha value is -3.60. The predicted octanol–water partition coefficient (Wildman–Crippen LogP) is -0.703. The Balaban J connectivity index is 3.22. The average molecular weight is 685 g/mol. The van der Waals surface area contributed by atoms with E-state index >= 15 is 0 Å². The molecule has 1 saturated heterocycles. The second-order valence-corrected chi connectivity index (χ2v) is 11.2. The summed E-state index contributed by atoms with van der Waals surface area (Å²) in [5, 5.41) is 0. The van der Waals surface area contributed by atoms with Crippen molar-refractivity contribution in [2.45, 2.75) is 53.4 Å². The van der Waals surface area contributed by atoms with Crippen molar-refractivity contribution in [3.05, 3.63) is 0 Å². The molecule has 0 unspecified atom stereocenters. The molecule has 1 aliphatic rings. The largest absolute Gasteiger partial charge is 0.466 e. The van der Waals surface area contributed by atoms with Crippen LogP contribution in [0.1, 0.15) is 53.4 Å². The Labute approximate surface area is 282 Å². The van der Waals surface area contributed by atoms with Gasteiger partial charge in [-0.05, 0) is 27.7 Å². The first-order valence-corrected chi connectivity index (χ1v) is 16.5. The summed E-state index contributed by atoms with van der Waals surface area (Å²) in [5.74, 6) is -3.97. The molecule has 1 heterocycles. The molecule has 48 heavy (non-hydrogen) atoms. The zero-order valence-electron chi connectivity index (χ0n) is 28.8. The van der Waals surface area contributed by atoms with Crippen molar-refractivity contribution >= 4 is 47.0 Å². The number of hydrogen-bond donors (Lipinski definition) is 0. The van der Waals surface area contributed by atoms with Crippen molar-refractivity contribution in [3.63, 3.8) is 0 Å². The van der Waals surface area contributed by atoms with Gasteiger partial charge in [-0.1, -0.05) is 0 Å². The van der Waals surface area contributed by atoms with Crippen molar-refractivity contribution in [1.29, 1.82) is 0 Å². The Morgan fingerprint density at radius 1 is 0.354 bits per heavy atom. The van der Waals surface area contributed by atoms with Crippen LogP contribution in [0.15, 0.2) is 0 Å². The molecule has 0 radical (unpaired) electrons. The summed E-state index contributed by atoms with van der Waals surface area (Å²) in [4.78, 5) is 106. The summed E-state index contributed by atoms with van der Waals surface area (Å²) in [7, 11) is 0. The highest BCUT2D eigenvalue weighted by Crippen LogP contribution is 2.05. The molecule has 0 N–H and O–H groups in total. The summed E-state index contributed by atoms with van der Waals surface area (Å²) in [6.45, 7) is 9.22. The lowest BCUT2D eigenvalue weighted by Gasteiger charge is -2.33. The zero-order valence-corrected chi connectivity index (χ0v) is 28.8. The SMILES string of the molecule is CCOC(=O)CC(=O)CN1CCN(CC(=O)CC(=O)OCC)CCN(CC(=O)CC(=O)OCC)CCN(CC(=O)CC(=O)OCC)CC1. The van der Waals surface area contributed by atoms with Crippen LogP contribution in [-0.2, 0) is 57.3 Å². The van der Waals surface area contributed by atoms with E-state index in [0.29, 0.717) is 52.4 Å². The highest BCUT2D eigenvalue weighted by Gasteiger charge is 2.24. The molecule has 0 saturated carbocycles. The number of hydrogen-bond acceptors (Lipinski definition) is 16. The Bertz CT molecular complexity index is 915. The third-order valence-electron chi connectivity index (χ3n) is 7.12. The Morgan fingerprint density at radius 2 is 0.521 bits per heavy atom. The van der Waals surface area contributed by atoms with Crippen LogP contribution in [-0.4, -0.2) is 172 Å². The highest BCUT2D eigenvalue weighted by molar-refractivity contribution is 5.98. The fourth-order valence-corrected chi connectivity index (χ4v) is 4.92. The molecule has 0 atom stereocenters. The lowest BCUT2D eigenvalue weighted by molar-refractivity contribution is -0.147. The maximum atomic E-state index is 12.8. The molecule has 0 spiro atoms. The van der Waals surface area contributed by atoms with Crippen molar-refractivity contribution in [2.75, 3.05) is 105 Å². The molecule has 1 rings (SSSR count). The average Bonchev–Trinajstić information content (AvgIpc) is 2.98. The van der Waals surface area contributed by atoms with Crippen LogP contribution in [0.2, 0.25) is 0 Å². The second kappa shape index (κ2) is 24.5. The van der Waals surface area contributed by atoms with E-state index in [2.05, 4.69) is 0 Å². The summed E-state index contributed by atoms with van der Waals surface area (Å²) in [6.07, 6.45) is -1.60. The number of carbonyl (C=O) groups is 8. The monoisotopic (exact) mass is 684 g/mol. The fraction of sp³-hybridized carbons (Fsp3) is 0.750. The van der Waals surface area contributed by atoms with Gasteiger partial charge in [0, 0.05) is 52.4 Å². The molecule has 0 aromatic carbocycles. The number of rotatable bonds is 20. The van der Waals surface area contributed by atoms with Gasteiger partial charge in [-0.25, -0.2) is 0 Å². The molecule has 0 aliphatic carbocycles. The number of esters is 4. The van der Waals surface area contributed by atoms with Crippen LogP contribution in [0, 0.1) is 0 Å². The quantitative estimate of drug-likeness (QED) is 0.0889. The normalized spacial score (nSPS) is 15.8. The van der Waals surface area contributed by atoms with Crippen LogP contribution >= 0.6 is 0 Å². The van der Waals surface area contributed by atoms with Gasteiger partial charge in [0.25, 0.3) is 0 Å². The maximum absolute atomic E-state index is 12.8. The van der Waals surface area contributed by atoms with E-state index in [4.69, 9.17) is 18.9 Å². The molecule has 1 aliphatic heterocycles. The molecule has 0 bridgehead atoms. The summed E-state index contributed by atoms with van der Waals surface area (Å²) >= 11 is 0. The van der Waals surface area contributed by atoms with Crippen LogP contribution in [0.25, 0.3) is 0 Å². The zero-order chi connectivity index (χ0) is 35.9. The highest BCUT2D eigenvalue weighted by atomic mass is 16.5. The molecular formula is C32H52N4O12. The van der Waals surface area contributed by atoms with Gasteiger partial charge in [0.15, 0.2) is 23.1 Å². The number of ether oxygens (including phenoxy) is 4. The summed E-state index contributed by atoms with van der Waals surface area (Å²) in [6, 6.07) is 0. The summed E-state index contributed by atoms with van der Waals surface area (Å²) < 4.78 is 19.6. The minimum atomic E-state index is -0.633. The van der Waals surface area contributed by atoms with Gasteiger partial charge in [0.1, 0.15) is 25.7 Å². The first-order chi connectivity index (χ1) is 22.9.